The first kappa shape index (κ1) is 14.2. The van der Waals surface area contributed by atoms with Crippen LogP contribution in [0.4, 0.5) is 5.69 Å². The van der Waals surface area contributed by atoms with Gasteiger partial charge in [-0.15, -0.1) is 0 Å². The zero-order valence-electron chi connectivity index (χ0n) is 10.6. The van der Waals surface area contributed by atoms with Crippen LogP contribution in [0.1, 0.15) is 15.9 Å². The minimum absolute atomic E-state index is 0.147. The minimum atomic E-state index is -0.352. The lowest BCUT2D eigenvalue weighted by molar-refractivity contribution is -0.111. The van der Waals surface area contributed by atoms with Gasteiger partial charge in [0.15, 0.2) is 5.78 Å². The van der Waals surface area contributed by atoms with E-state index in [4.69, 9.17) is 0 Å². The Morgan fingerprint density at radius 2 is 1.80 bits per heavy atom. The highest BCUT2D eigenvalue weighted by atomic mass is 79.9. The largest absolute Gasteiger partial charge is 0.322 e. The van der Waals surface area contributed by atoms with Crippen molar-refractivity contribution in [3.63, 3.8) is 0 Å². The number of carbonyl (C=O) groups excluding carboxylic acids is 2. The second-order valence-corrected chi connectivity index (χ2v) is 4.99. The zero-order chi connectivity index (χ0) is 14.5. The summed E-state index contributed by atoms with van der Waals surface area (Å²) in [6.45, 7) is 3.40. The van der Waals surface area contributed by atoms with Crippen LogP contribution in [0.5, 0.6) is 0 Å². The lowest BCUT2D eigenvalue weighted by Crippen LogP contribution is -2.12. The molecule has 0 spiro atoms. The Morgan fingerprint density at radius 1 is 1.10 bits per heavy atom. The van der Waals surface area contributed by atoms with E-state index in [0.717, 1.165) is 4.47 Å². The zero-order valence-corrected chi connectivity index (χ0v) is 12.2. The fourth-order valence-corrected chi connectivity index (χ4v) is 2.10. The van der Waals surface area contributed by atoms with Crippen molar-refractivity contribution in [2.45, 2.75) is 0 Å². The van der Waals surface area contributed by atoms with Gasteiger partial charge in [-0.25, -0.2) is 0 Å². The third-order valence-corrected chi connectivity index (χ3v) is 3.20. The summed E-state index contributed by atoms with van der Waals surface area (Å²) < 4.78 is 0.772. The van der Waals surface area contributed by atoms with Crippen LogP contribution in [0.15, 0.2) is 65.7 Å². The van der Waals surface area contributed by atoms with Crippen LogP contribution in [0, 0.1) is 0 Å². The van der Waals surface area contributed by atoms with E-state index in [0.29, 0.717) is 16.8 Å². The molecule has 0 saturated carbocycles. The van der Waals surface area contributed by atoms with E-state index in [1.54, 1.807) is 42.5 Å². The quantitative estimate of drug-likeness (QED) is 0.684. The highest BCUT2D eigenvalue weighted by Gasteiger charge is 2.15. The maximum absolute atomic E-state index is 12.5. The van der Waals surface area contributed by atoms with Crippen LogP contribution in [0.2, 0.25) is 0 Å². The van der Waals surface area contributed by atoms with Crippen LogP contribution < -0.4 is 5.32 Å². The van der Waals surface area contributed by atoms with Crippen molar-refractivity contribution in [3.8, 4) is 0 Å². The molecule has 0 radical (unpaired) electrons. The molecule has 4 heteroatoms. The van der Waals surface area contributed by atoms with E-state index >= 15 is 0 Å². The van der Waals surface area contributed by atoms with Crippen molar-refractivity contribution < 1.29 is 9.59 Å². The van der Waals surface area contributed by atoms with Crippen LogP contribution in [-0.2, 0) is 4.79 Å². The lowest BCUT2D eigenvalue weighted by atomic mass is 10.0. The summed E-state index contributed by atoms with van der Waals surface area (Å²) in [7, 11) is 0. The first-order valence-corrected chi connectivity index (χ1v) is 6.74. The number of rotatable bonds is 4. The highest BCUT2D eigenvalue weighted by molar-refractivity contribution is 9.10. The van der Waals surface area contributed by atoms with Crippen LogP contribution in [-0.4, -0.2) is 11.7 Å². The maximum Gasteiger partial charge on any atom is 0.247 e. The van der Waals surface area contributed by atoms with Crippen molar-refractivity contribution in [1.82, 2.24) is 0 Å². The summed E-state index contributed by atoms with van der Waals surface area (Å²) in [4.78, 5) is 23.9. The minimum Gasteiger partial charge on any atom is -0.322 e. The molecular formula is C16H12BrNO2. The molecule has 20 heavy (non-hydrogen) atoms. The summed E-state index contributed by atoms with van der Waals surface area (Å²) in [5, 5.41) is 2.64. The summed E-state index contributed by atoms with van der Waals surface area (Å²) in [5.41, 5.74) is 1.47. The fraction of sp³-hybridized carbons (Fsp3) is 0. The Labute approximate surface area is 125 Å². The van der Waals surface area contributed by atoms with E-state index in [9.17, 15) is 9.59 Å². The van der Waals surface area contributed by atoms with E-state index in [1.807, 2.05) is 6.07 Å². The van der Waals surface area contributed by atoms with Gasteiger partial charge in [0.05, 0.1) is 5.69 Å². The van der Waals surface area contributed by atoms with Gasteiger partial charge in [0.2, 0.25) is 5.91 Å². The number of benzene rings is 2. The second-order valence-electron chi connectivity index (χ2n) is 4.08. The summed E-state index contributed by atoms with van der Waals surface area (Å²) in [6.07, 6.45) is 1.17. The van der Waals surface area contributed by atoms with Crippen molar-refractivity contribution in [2.75, 3.05) is 5.32 Å². The highest BCUT2D eigenvalue weighted by Crippen LogP contribution is 2.24. The summed E-state index contributed by atoms with van der Waals surface area (Å²) >= 11 is 3.34. The molecule has 0 fully saturated rings. The molecule has 2 rings (SSSR count). The van der Waals surface area contributed by atoms with Gasteiger partial charge in [0.1, 0.15) is 0 Å². The normalized spacial score (nSPS) is 9.85. The first-order valence-electron chi connectivity index (χ1n) is 5.94. The van der Waals surface area contributed by atoms with Gasteiger partial charge in [-0.1, -0.05) is 52.8 Å². The number of nitrogens with one attached hydrogen (secondary N) is 1. The number of hydrogen-bond donors (Lipinski definition) is 1. The number of halogens is 1. The molecule has 0 aliphatic rings. The SMILES string of the molecule is C=CC(=O)Nc1ccc(Br)cc1C(=O)c1ccccc1. The Hall–Kier alpha value is -2.20. The number of anilines is 1. The fourth-order valence-electron chi connectivity index (χ4n) is 1.74. The monoisotopic (exact) mass is 329 g/mol. The number of ketones is 1. The van der Waals surface area contributed by atoms with Gasteiger partial charge in [0, 0.05) is 15.6 Å². The smallest absolute Gasteiger partial charge is 0.247 e. The Kier molecular flexibility index (Phi) is 4.48. The van der Waals surface area contributed by atoms with E-state index in [1.165, 1.54) is 6.08 Å². The van der Waals surface area contributed by atoms with Gasteiger partial charge in [-0.05, 0) is 24.3 Å². The Morgan fingerprint density at radius 3 is 2.45 bits per heavy atom. The van der Waals surface area contributed by atoms with E-state index in [-0.39, 0.29) is 11.7 Å². The molecule has 2 aromatic carbocycles. The predicted octanol–water partition coefficient (Wildman–Crippen LogP) is 3.80. The van der Waals surface area contributed by atoms with Gasteiger partial charge < -0.3 is 5.32 Å². The molecule has 100 valence electrons. The van der Waals surface area contributed by atoms with Crippen LogP contribution in [0.3, 0.4) is 0 Å². The van der Waals surface area contributed by atoms with E-state index < -0.39 is 0 Å². The van der Waals surface area contributed by atoms with Crippen molar-refractivity contribution >= 4 is 33.3 Å². The number of amides is 1. The molecule has 0 aromatic heterocycles. The molecule has 0 bridgehead atoms. The molecule has 0 unspecified atom stereocenters. The third-order valence-electron chi connectivity index (χ3n) is 2.71. The standard InChI is InChI=1S/C16H12BrNO2/c1-2-15(19)18-14-9-8-12(17)10-13(14)16(20)11-6-4-3-5-7-11/h2-10H,1H2,(H,18,19). The molecule has 3 nitrogen and oxygen atoms in total. The third kappa shape index (κ3) is 3.22. The lowest BCUT2D eigenvalue weighted by Gasteiger charge is -2.10. The molecule has 0 aliphatic heterocycles. The average molecular weight is 330 g/mol. The molecule has 1 amide bonds. The molecule has 1 N–H and O–H groups in total. The van der Waals surface area contributed by atoms with Gasteiger partial charge in [0.25, 0.3) is 0 Å². The van der Waals surface area contributed by atoms with Gasteiger partial charge in [-0.3, -0.25) is 9.59 Å². The van der Waals surface area contributed by atoms with Crippen molar-refractivity contribution in [2.24, 2.45) is 0 Å². The molecule has 2 aromatic rings. The molecular weight excluding hydrogens is 318 g/mol. The van der Waals surface area contributed by atoms with Crippen LogP contribution >= 0.6 is 15.9 Å². The van der Waals surface area contributed by atoms with Gasteiger partial charge >= 0.3 is 0 Å². The molecule has 0 aliphatic carbocycles. The predicted molar refractivity (Wildman–Crippen MR) is 82.8 cm³/mol. The Balaban J connectivity index is 2.44. The van der Waals surface area contributed by atoms with E-state index in [2.05, 4.69) is 27.8 Å². The average Bonchev–Trinajstić information content (AvgIpc) is 2.49. The van der Waals surface area contributed by atoms with Crippen LogP contribution in [0.25, 0.3) is 0 Å². The molecule has 0 saturated heterocycles. The second kappa shape index (κ2) is 6.30. The Bertz CT molecular complexity index is 665. The number of carbonyl (C=O) groups is 2. The summed E-state index contributed by atoms with van der Waals surface area (Å²) in [6, 6.07) is 14.1. The van der Waals surface area contributed by atoms with Gasteiger partial charge in [-0.2, -0.15) is 0 Å². The van der Waals surface area contributed by atoms with Crippen molar-refractivity contribution in [1.29, 1.82) is 0 Å². The maximum atomic E-state index is 12.5. The molecule has 0 atom stereocenters. The number of hydrogen-bond acceptors (Lipinski definition) is 2. The topological polar surface area (TPSA) is 46.2 Å². The first-order chi connectivity index (χ1) is 9.61. The molecule has 0 heterocycles. The summed E-state index contributed by atoms with van der Waals surface area (Å²) in [5.74, 6) is -0.499. The van der Waals surface area contributed by atoms with Crippen molar-refractivity contribution in [3.05, 3.63) is 76.8 Å².